The van der Waals surface area contributed by atoms with Crippen molar-refractivity contribution in [1.82, 2.24) is 0 Å². The molecule has 0 aromatic carbocycles. The predicted molar refractivity (Wildman–Crippen MR) is 335 cm³/mol. The third kappa shape index (κ3) is 63.6. The van der Waals surface area contributed by atoms with Crippen molar-refractivity contribution in [2.45, 2.75) is 348 Å². The Labute approximate surface area is 478 Å². The highest BCUT2D eigenvalue weighted by Gasteiger charge is 2.19. The Balaban J connectivity index is 4.33. The summed E-state index contributed by atoms with van der Waals surface area (Å²) in [6.45, 7) is 6.54. The van der Waals surface area contributed by atoms with E-state index in [1.807, 2.05) is 0 Å². The fourth-order valence-electron chi connectivity index (χ4n) is 9.70. The Morgan fingerprint density at radius 2 is 0.506 bits per heavy atom. The number of hydrogen-bond donors (Lipinski definition) is 0. The second kappa shape index (κ2) is 65.4. The number of rotatable bonds is 61. The van der Waals surface area contributed by atoms with Gasteiger partial charge in [0, 0.05) is 19.3 Å². The van der Waals surface area contributed by atoms with Gasteiger partial charge in [-0.2, -0.15) is 0 Å². The number of unbranched alkanes of at least 4 members (excludes halogenated alkanes) is 38. The highest BCUT2D eigenvalue weighted by molar-refractivity contribution is 5.71. The van der Waals surface area contributed by atoms with Gasteiger partial charge >= 0.3 is 17.9 Å². The fourth-order valence-corrected chi connectivity index (χ4v) is 9.70. The first-order chi connectivity index (χ1) is 38.0. The molecule has 1 atom stereocenters. The molecule has 0 spiro atoms. The van der Waals surface area contributed by atoms with E-state index in [9.17, 15) is 14.4 Å². The third-order valence-electron chi connectivity index (χ3n) is 14.7. The van der Waals surface area contributed by atoms with Gasteiger partial charge in [-0.25, -0.2) is 0 Å². The largest absolute Gasteiger partial charge is 0.462 e. The monoisotopic (exact) mass is 1070 g/mol. The summed E-state index contributed by atoms with van der Waals surface area (Å²) in [6, 6.07) is 0. The maximum atomic E-state index is 12.9. The second-order valence-corrected chi connectivity index (χ2v) is 22.4. The predicted octanol–water partition coefficient (Wildman–Crippen LogP) is 22.9. The Bertz CT molecular complexity index is 1420. The van der Waals surface area contributed by atoms with Crippen LogP contribution in [0, 0.1) is 0 Å². The van der Waals surface area contributed by atoms with Crippen LogP contribution in [-0.4, -0.2) is 37.2 Å². The van der Waals surface area contributed by atoms with Crippen molar-refractivity contribution in [1.29, 1.82) is 0 Å². The van der Waals surface area contributed by atoms with Crippen molar-refractivity contribution in [3.05, 3.63) is 72.9 Å². The van der Waals surface area contributed by atoms with E-state index in [0.29, 0.717) is 19.3 Å². The summed E-state index contributed by atoms with van der Waals surface area (Å²) in [4.78, 5) is 38.4. The van der Waals surface area contributed by atoms with Gasteiger partial charge in [-0.05, 0) is 89.9 Å². The molecule has 0 aromatic heterocycles. The van der Waals surface area contributed by atoms with Crippen LogP contribution in [0.15, 0.2) is 72.9 Å². The lowest BCUT2D eigenvalue weighted by Gasteiger charge is -2.18. The van der Waals surface area contributed by atoms with E-state index in [4.69, 9.17) is 14.2 Å². The molecule has 0 aliphatic carbocycles. The molecule has 1 unspecified atom stereocenters. The van der Waals surface area contributed by atoms with Crippen LogP contribution in [-0.2, 0) is 28.6 Å². The van der Waals surface area contributed by atoms with Gasteiger partial charge in [0.1, 0.15) is 13.2 Å². The van der Waals surface area contributed by atoms with Gasteiger partial charge in [0.15, 0.2) is 6.10 Å². The number of ether oxygens (including phenoxy) is 3. The minimum atomic E-state index is -0.789. The van der Waals surface area contributed by atoms with Gasteiger partial charge in [0.25, 0.3) is 0 Å². The molecule has 0 fully saturated rings. The first-order valence-corrected chi connectivity index (χ1v) is 33.4. The molecule has 0 heterocycles. The first kappa shape index (κ1) is 73.8. The lowest BCUT2D eigenvalue weighted by Crippen LogP contribution is -2.30. The van der Waals surface area contributed by atoms with E-state index in [1.165, 1.54) is 186 Å². The third-order valence-corrected chi connectivity index (χ3v) is 14.7. The van der Waals surface area contributed by atoms with Gasteiger partial charge < -0.3 is 14.2 Å². The number of carbonyl (C=O) groups is 3. The van der Waals surface area contributed by atoms with Crippen LogP contribution in [0.1, 0.15) is 342 Å². The van der Waals surface area contributed by atoms with Crippen molar-refractivity contribution in [3.63, 3.8) is 0 Å². The van der Waals surface area contributed by atoms with E-state index in [1.54, 1.807) is 0 Å². The quantitative estimate of drug-likeness (QED) is 0.0261. The molecule has 6 heteroatoms. The Hall–Kier alpha value is -3.15. The summed E-state index contributed by atoms with van der Waals surface area (Å²) in [6.07, 6.45) is 84.9. The molecular formula is C71H126O6. The smallest absolute Gasteiger partial charge is 0.306 e. The van der Waals surface area contributed by atoms with Crippen LogP contribution >= 0.6 is 0 Å². The van der Waals surface area contributed by atoms with Gasteiger partial charge in [0.2, 0.25) is 0 Å². The van der Waals surface area contributed by atoms with Crippen LogP contribution in [0.3, 0.4) is 0 Å². The average Bonchev–Trinajstić information content (AvgIpc) is 3.43. The summed E-state index contributed by atoms with van der Waals surface area (Å²) >= 11 is 0. The molecule has 0 amide bonds. The number of allylic oxidation sites excluding steroid dienone is 12. The molecule has 0 aliphatic rings. The van der Waals surface area contributed by atoms with Crippen molar-refractivity contribution in [2.75, 3.05) is 13.2 Å². The number of carbonyl (C=O) groups excluding carboxylic acids is 3. The minimum absolute atomic E-state index is 0.0830. The van der Waals surface area contributed by atoms with Crippen molar-refractivity contribution in [2.24, 2.45) is 0 Å². The molecule has 446 valence electrons. The van der Waals surface area contributed by atoms with Gasteiger partial charge in [-0.1, -0.05) is 306 Å². The zero-order valence-corrected chi connectivity index (χ0v) is 51.2. The lowest BCUT2D eigenvalue weighted by atomic mass is 10.0. The van der Waals surface area contributed by atoms with Crippen molar-refractivity contribution in [3.8, 4) is 0 Å². The summed E-state index contributed by atoms with van der Waals surface area (Å²) in [5, 5.41) is 0. The summed E-state index contributed by atoms with van der Waals surface area (Å²) in [5.74, 6) is -0.893. The SMILES string of the molecule is CC/C=C\C/C=C\C/C=C\C/C=C\C/C=C\CCCCCCCC(=O)OC(COC(=O)CCCCCCC/C=C\CCCCCCC)COC(=O)CCCCCCCCCCCCCCCCCCCCCCCCCC. The Morgan fingerprint density at radius 1 is 0.273 bits per heavy atom. The van der Waals surface area contributed by atoms with E-state index < -0.39 is 6.10 Å². The average molecular weight is 1080 g/mol. The molecule has 0 rings (SSSR count). The van der Waals surface area contributed by atoms with Gasteiger partial charge in [0.05, 0.1) is 0 Å². The molecule has 0 bridgehead atoms. The van der Waals surface area contributed by atoms with Crippen molar-refractivity contribution < 1.29 is 28.6 Å². The van der Waals surface area contributed by atoms with Crippen molar-refractivity contribution >= 4 is 17.9 Å². The van der Waals surface area contributed by atoms with Crippen LogP contribution in [0.25, 0.3) is 0 Å². The summed E-state index contributed by atoms with van der Waals surface area (Å²) in [7, 11) is 0. The minimum Gasteiger partial charge on any atom is -0.462 e. The van der Waals surface area contributed by atoms with Gasteiger partial charge in [-0.3, -0.25) is 14.4 Å². The molecule has 0 radical (unpaired) electrons. The highest BCUT2D eigenvalue weighted by Crippen LogP contribution is 2.17. The summed E-state index contributed by atoms with van der Waals surface area (Å²) in [5.41, 5.74) is 0. The lowest BCUT2D eigenvalue weighted by molar-refractivity contribution is -0.167. The Kier molecular flexibility index (Phi) is 62.7. The number of esters is 3. The van der Waals surface area contributed by atoms with Crippen LogP contribution in [0.2, 0.25) is 0 Å². The molecule has 0 N–H and O–H groups in total. The molecule has 0 saturated heterocycles. The standard InChI is InChI=1S/C71H126O6/c1-4-7-10-13-16-19-22-25-28-30-32-34-35-36-38-39-41-43-46-49-52-55-58-61-64-70(73)76-67-68(66-75-69(72)63-60-57-54-51-48-45-27-24-21-18-15-12-9-6-3)77-71(74)65-62-59-56-53-50-47-44-42-40-37-33-31-29-26-23-20-17-14-11-8-5-2/h8,11,17,20,24,26-27,29,33,37,42,44,68H,4-7,9-10,12-16,18-19,21-23,25,28,30-32,34-36,38-41,43,45-67H2,1-3H3/b11-8-,20-17-,27-24-,29-26-,37-33-,44-42-. The maximum Gasteiger partial charge on any atom is 0.306 e. The normalized spacial score (nSPS) is 12.5. The molecule has 6 nitrogen and oxygen atoms in total. The second-order valence-electron chi connectivity index (χ2n) is 22.4. The first-order valence-electron chi connectivity index (χ1n) is 33.4. The zero-order chi connectivity index (χ0) is 55.7. The fraction of sp³-hybridized carbons (Fsp3) is 0.789. The Morgan fingerprint density at radius 3 is 0.805 bits per heavy atom. The van der Waals surface area contributed by atoms with Crippen LogP contribution in [0.5, 0.6) is 0 Å². The van der Waals surface area contributed by atoms with E-state index in [2.05, 4.69) is 93.7 Å². The maximum absolute atomic E-state index is 12.9. The topological polar surface area (TPSA) is 78.9 Å². The van der Waals surface area contributed by atoms with E-state index in [0.717, 1.165) is 116 Å². The highest BCUT2D eigenvalue weighted by atomic mass is 16.6. The molecule has 0 aliphatic heterocycles. The van der Waals surface area contributed by atoms with E-state index in [-0.39, 0.29) is 31.1 Å². The van der Waals surface area contributed by atoms with Crippen LogP contribution < -0.4 is 0 Å². The molecule has 0 saturated carbocycles. The zero-order valence-electron chi connectivity index (χ0n) is 51.2. The molecule has 77 heavy (non-hydrogen) atoms. The van der Waals surface area contributed by atoms with Crippen LogP contribution in [0.4, 0.5) is 0 Å². The van der Waals surface area contributed by atoms with Gasteiger partial charge in [-0.15, -0.1) is 0 Å². The summed E-state index contributed by atoms with van der Waals surface area (Å²) < 4.78 is 16.9. The molecular weight excluding hydrogens is 949 g/mol. The number of hydrogen-bond acceptors (Lipinski definition) is 6. The van der Waals surface area contributed by atoms with E-state index >= 15 is 0 Å². The molecule has 0 aromatic rings.